The number of thiazole rings is 1. The van der Waals surface area contributed by atoms with Gasteiger partial charge in [-0.3, -0.25) is 14.9 Å². The third-order valence-corrected chi connectivity index (χ3v) is 9.81. The van der Waals surface area contributed by atoms with E-state index < -0.39 is 11.5 Å². The SMILES string of the molecule is CCN(CC)C(=O)C[C@@H]1c2nc(NC(=O)c3ccnc(Cl)c3)sc2C[C@@H]2[C@](C)(CO)[C@H](O)CC[C@]21C. The quantitative estimate of drug-likeness (QED) is 0.460. The van der Waals surface area contributed by atoms with Crippen LogP contribution < -0.4 is 5.32 Å². The van der Waals surface area contributed by atoms with Crippen molar-refractivity contribution in [3.63, 3.8) is 0 Å². The smallest absolute Gasteiger partial charge is 0.257 e. The van der Waals surface area contributed by atoms with Crippen molar-refractivity contribution in [3.05, 3.63) is 39.6 Å². The lowest BCUT2D eigenvalue weighted by molar-refractivity contribution is -0.147. The highest BCUT2D eigenvalue weighted by Crippen LogP contribution is 2.62. The number of aromatic nitrogens is 2. The lowest BCUT2D eigenvalue weighted by atomic mass is 9.47. The van der Waals surface area contributed by atoms with E-state index in [1.165, 1.54) is 23.6 Å². The Morgan fingerprint density at radius 2 is 2.03 bits per heavy atom. The lowest BCUT2D eigenvalue weighted by Crippen LogP contribution is -2.57. The number of hydrogen-bond acceptors (Lipinski definition) is 7. The normalized spacial score (nSPS) is 29.2. The number of rotatable bonds is 7. The van der Waals surface area contributed by atoms with E-state index in [0.29, 0.717) is 43.0 Å². The highest BCUT2D eigenvalue weighted by Gasteiger charge is 2.59. The van der Waals surface area contributed by atoms with Crippen LogP contribution in [0.15, 0.2) is 18.3 Å². The van der Waals surface area contributed by atoms with Crippen LogP contribution in [0.2, 0.25) is 5.15 Å². The van der Waals surface area contributed by atoms with Gasteiger partial charge >= 0.3 is 0 Å². The standard InChI is InChI=1S/C26H35ClN4O4S/c1-5-31(6-2)21(34)12-16-22-17(13-18-25(16,3)9-7-19(33)26(18,4)14-32)36-24(29-22)30-23(35)15-8-10-28-20(27)11-15/h8,10-11,16,18-19,32-33H,5-7,9,12-14H2,1-4H3,(H,29,30,35)/t16-,18+,19-,25+,26+/m1/s1. The zero-order valence-electron chi connectivity index (χ0n) is 21.3. The summed E-state index contributed by atoms with van der Waals surface area (Å²) in [6.45, 7) is 9.21. The van der Waals surface area contributed by atoms with Gasteiger partial charge in [-0.25, -0.2) is 9.97 Å². The molecule has 3 N–H and O–H groups in total. The predicted octanol–water partition coefficient (Wildman–Crippen LogP) is 4.12. The monoisotopic (exact) mass is 534 g/mol. The molecule has 2 aromatic rings. The first-order valence-electron chi connectivity index (χ1n) is 12.6. The summed E-state index contributed by atoms with van der Waals surface area (Å²) < 4.78 is 0. The molecule has 2 heterocycles. The van der Waals surface area contributed by atoms with E-state index in [4.69, 9.17) is 16.6 Å². The molecule has 2 aliphatic rings. The Hall–Kier alpha value is -2.07. The molecule has 8 nitrogen and oxygen atoms in total. The second kappa shape index (κ2) is 10.4. The lowest BCUT2D eigenvalue weighted by Gasteiger charge is -2.58. The number of nitrogens with zero attached hydrogens (tertiary/aromatic N) is 3. The van der Waals surface area contributed by atoms with E-state index in [1.54, 1.807) is 6.07 Å². The predicted molar refractivity (Wildman–Crippen MR) is 140 cm³/mol. The fraction of sp³-hybridized carbons (Fsp3) is 0.615. The molecule has 0 aliphatic heterocycles. The van der Waals surface area contributed by atoms with Crippen molar-refractivity contribution in [3.8, 4) is 0 Å². The van der Waals surface area contributed by atoms with Gasteiger partial charge in [0.2, 0.25) is 5.91 Å². The van der Waals surface area contributed by atoms with Crippen LogP contribution in [0.1, 0.15) is 73.8 Å². The number of aliphatic hydroxyl groups excluding tert-OH is 2. The molecule has 2 amide bonds. The molecule has 0 unspecified atom stereocenters. The summed E-state index contributed by atoms with van der Waals surface area (Å²) in [5.41, 5.74) is 0.204. The first-order chi connectivity index (χ1) is 17.1. The fourth-order valence-electron chi connectivity index (χ4n) is 6.29. The Bertz CT molecular complexity index is 1140. The first-order valence-corrected chi connectivity index (χ1v) is 13.8. The molecule has 1 fully saturated rings. The molecule has 5 atom stereocenters. The van der Waals surface area contributed by atoms with Crippen LogP contribution in [0, 0.1) is 16.7 Å². The molecule has 10 heteroatoms. The zero-order chi connectivity index (χ0) is 26.3. The number of nitrogens with one attached hydrogen (secondary N) is 1. The number of carbonyl (C=O) groups excluding carboxylic acids is 2. The Morgan fingerprint density at radius 1 is 1.31 bits per heavy atom. The third kappa shape index (κ3) is 4.66. The molecule has 0 spiro atoms. The van der Waals surface area contributed by atoms with Crippen molar-refractivity contribution in [1.82, 2.24) is 14.9 Å². The van der Waals surface area contributed by atoms with Crippen LogP contribution in [-0.2, 0) is 11.2 Å². The van der Waals surface area contributed by atoms with Crippen LogP contribution in [0.5, 0.6) is 0 Å². The molecule has 0 bridgehead atoms. The Morgan fingerprint density at radius 3 is 2.67 bits per heavy atom. The fourth-order valence-corrected chi connectivity index (χ4v) is 7.53. The number of halogens is 1. The van der Waals surface area contributed by atoms with Crippen LogP contribution in [0.25, 0.3) is 0 Å². The molecular weight excluding hydrogens is 500 g/mol. The third-order valence-electron chi connectivity index (χ3n) is 8.60. The van der Waals surface area contributed by atoms with Gasteiger partial charge in [-0.15, -0.1) is 11.3 Å². The van der Waals surface area contributed by atoms with E-state index in [-0.39, 0.29) is 40.8 Å². The summed E-state index contributed by atoms with van der Waals surface area (Å²) in [6, 6.07) is 3.09. The van der Waals surface area contributed by atoms with Crippen molar-refractivity contribution in [2.75, 3.05) is 25.0 Å². The number of fused-ring (bicyclic) bond motifs is 2. The maximum absolute atomic E-state index is 13.3. The number of amides is 2. The molecule has 4 rings (SSSR count). The average Bonchev–Trinajstić information content (AvgIpc) is 3.25. The Labute approximate surface area is 221 Å². The number of pyridine rings is 1. The van der Waals surface area contributed by atoms with Gasteiger partial charge in [-0.2, -0.15) is 0 Å². The maximum Gasteiger partial charge on any atom is 0.257 e. The van der Waals surface area contributed by atoms with Gasteiger partial charge in [-0.05, 0) is 56.6 Å². The maximum atomic E-state index is 13.3. The van der Waals surface area contributed by atoms with E-state index in [1.807, 2.05) is 25.7 Å². The van der Waals surface area contributed by atoms with Crippen molar-refractivity contribution >= 4 is 39.9 Å². The molecule has 0 saturated heterocycles. The minimum Gasteiger partial charge on any atom is -0.396 e. The van der Waals surface area contributed by atoms with Gasteiger partial charge in [0.05, 0.1) is 18.4 Å². The average molecular weight is 535 g/mol. The summed E-state index contributed by atoms with van der Waals surface area (Å²) in [4.78, 5) is 37.8. The molecule has 0 aromatic carbocycles. The van der Waals surface area contributed by atoms with E-state index in [2.05, 4.69) is 17.2 Å². The van der Waals surface area contributed by atoms with Crippen LogP contribution >= 0.6 is 22.9 Å². The van der Waals surface area contributed by atoms with Gasteiger partial charge in [0.1, 0.15) is 5.15 Å². The molecular formula is C26H35ClN4O4S. The van der Waals surface area contributed by atoms with Crippen LogP contribution in [0.3, 0.4) is 0 Å². The van der Waals surface area contributed by atoms with Crippen molar-refractivity contribution < 1.29 is 19.8 Å². The molecule has 36 heavy (non-hydrogen) atoms. The second-order valence-electron chi connectivity index (χ2n) is 10.5. The van der Waals surface area contributed by atoms with Crippen molar-refractivity contribution in [2.24, 2.45) is 16.7 Å². The summed E-state index contributed by atoms with van der Waals surface area (Å²) in [5.74, 6) is -0.487. The van der Waals surface area contributed by atoms with E-state index in [9.17, 15) is 19.8 Å². The zero-order valence-corrected chi connectivity index (χ0v) is 22.8. The van der Waals surface area contributed by atoms with E-state index in [0.717, 1.165) is 17.0 Å². The number of carbonyl (C=O) groups is 2. The number of aliphatic hydroxyl groups is 2. The molecule has 2 aromatic heterocycles. The van der Waals surface area contributed by atoms with Gasteiger partial charge in [0.15, 0.2) is 5.13 Å². The summed E-state index contributed by atoms with van der Waals surface area (Å²) in [6.07, 6.45) is 3.08. The minimum atomic E-state index is -0.692. The molecule has 196 valence electrons. The Kier molecular flexibility index (Phi) is 7.76. The van der Waals surface area contributed by atoms with Crippen LogP contribution in [-0.4, -0.2) is 62.7 Å². The number of anilines is 1. The van der Waals surface area contributed by atoms with Gasteiger partial charge in [-0.1, -0.05) is 25.4 Å². The van der Waals surface area contributed by atoms with Crippen molar-refractivity contribution in [2.45, 2.75) is 65.4 Å². The Balaban J connectivity index is 1.73. The largest absolute Gasteiger partial charge is 0.396 e. The summed E-state index contributed by atoms with van der Waals surface area (Å²) in [5, 5.41) is 24.9. The molecule has 1 saturated carbocycles. The summed E-state index contributed by atoms with van der Waals surface area (Å²) in [7, 11) is 0. The van der Waals surface area contributed by atoms with E-state index >= 15 is 0 Å². The van der Waals surface area contributed by atoms with Gasteiger partial charge in [0, 0.05) is 47.5 Å². The van der Waals surface area contributed by atoms with Gasteiger partial charge < -0.3 is 15.1 Å². The second-order valence-corrected chi connectivity index (χ2v) is 11.9. The van der Waals surface area contributed by atoms with Crippen molar-refractivity contribution in [1.29, 1.82) is 0 Å². The van der Waals surface area contributed by atoms with Crippen LogP contribution in [0.4, 0.5) is 5.13 Å². The molecule has 2 aliphatic carbocycles. The number of hydrogen-bond donors (Lipinski definition) is 3. The first kappa shape index (κ1) is 27.0. The topological polar surface area (TPSA) is 116 Å². The summed E-state index contributed by atoms with van der Waals surface area (Å²) >= 11 is 7.35. The van der Waals surface area contributed by atoms with Gasteiger partial charge in [0.25, 0.3) is 5.91 Å². The highest BCUT2D eigenvalue weighted by atomic mass is 35.5. The minimum absolute atomic E-state index is 0.0382. The molecule has 0 radical (unpaired) electrons. The highest BCUT2D eigenvalue weighted by molar-refractivity contribution is 7.15.